The molecule has 1 aliphatic heterocycles. The van der Waals surface area contributed by atoms with E-state index < -0.39 is 85.9 Å². The Morgan fingerprint density at radius 2 is 0.537 bits per heavy atom. The predicted octanol–water partition coefficient (Wildman–Crippen LogP) is 17.0. The van der Waals surface area contributed by atoms with Crippen LogP contribution in [0.25, 0.3) is 0 Å². The first-order valence-corrected chi connectivity index (χ1v) is 38.3. The van der Waals surface area contributed by atoms with E-state index in [2.05, 4.69) is 54.4 Å². The van der Waals surface area contributed by atoms with E-state index >= 15 is 0 Å². The Kier molecular flexibility index (Phi) is 34.6. The summed E-state index contributed by atoms with van der Waals surface area (Å²) in [6.07, 6.45) is 27.4. The van der Waals surface area contributed by atoms with Gasteiger partial charge >= 0.3 is 47.9 Å². The molecule has 2 aromatic heterocycles. The summed E-state index contributed by atoms with van der Waals surface area (Å²) in [5.74, 6) is -5.04. The Balaban J connectivity index is 1.07. The van der Waals surface area contributed by atoms with Gasteiger partial charge < -0.3 is 58.3 Å². The Hall–Kier alpha value is -11.0. The second-order valence-electron chi connectivity index (χ2n) is 26.8. The van der Waals surface area contributed by atoms with Crippen molar-refractivity contribution >= 4 is 47.6 Å². The van der Waals surface area contributed by atoms with Gasteiger partial charge in [-0.05, 0) is 59.4 Å². The summed E-state index contributed by atoms with van der Waals surface area (Å²) in [5.41, 5.74) is 2.94. The number of carbonyl (C=O) groups excluding carboxylic acids is 6. The molecule has 2 N–H and O–H groups in total. The number of ether oxygens (including phenoxy) is 8. The number of amides is 2. The van der Waals surface area contributed by atoms with E-state index in [-0.39, 0.29) is 72.4 Å². The molecule has 9 rings (SSSR count). The summed E-state index contributed by atoms with van der Waals surface area (Å²) in [6, 6.07) is 42.9. The third-order valence-corrected chi connectivity index (χ3v) is 17.7. The van der Waals surface area contributed by atoms with Crippen LogP contribution in [0.3, 0.4) is 0 Å². The molecule has 2 amide bonds. The lowest BCUT2D eigenvalue weighted by Gasteiger charge is -2.22. The van der Waals surface area contributed by atoms with E-state index in [1.54, 1.807) is 48.5 Å². The Bertz CT molecular complexity index is 3610. The molecule has 108 heavy (non-hydrogen) atoms. The number of hydrogen-bond acceptors (Lipinski definition) is 22. The zero-order valence-electron chi connectivity index (χ0n) is 62.3. The average molecular weight is 1480 g/mol. The van der Waals surface area contributed by atoms with Crippen molar-refractivity contribution in [1.29, 1.82) is 0 Å². The van der Waals surface area contributed by atoms with Crippen LogP contribution in [0.15, 0.2) is 158 Å². The molecule has 0 radical (unpaired) electrons. The Labute approximate surface area is 633 Å². The number of carbonyl (C=O) groups is 6. The SMILES string of the molecule is CCCCCCCCCCCCCCNC(=O)c1cc2cc(c1)Oc1nc(nc(N(CC(=O)OCc3ccccc3)CC(=O)OCc3ccccc3)n1)Oc1cc(cc(C(=O)NCCCCCCCCCCCCCC)c1)Oc1nc(nc(N(CC(=O)OCc3ccccc3)CC(=O)OCc3ccccc3)n1)O2. The molecule has 24 heteroatoms. The summed E-state index contributed by atoms with van der Waals surface area (Å²) in [6.45, 7) is 2.41. The van der Waals surface area contributed by atoms with Crippen LogP contribution in [0, 0.1) is 0 Å². The summed E-state index contributed by atoms with van der Waals surface area (Å²) < 4.78 is 49.0. The molecule has 8 bridgehead atoms. The van der Waals surface area contributed by atoms with Crippen LogP contribution in [0.2, 0.25) is 0 Å². The fourth-order valence-corrected chi connectivity index (χ4v) is 11.9. The van der Waals surface area contributed by atoms with Crippen molar-refractivity contribution < 1.29 is 66.7 Å². The number of aromatic nitrogens is 6. The van der Waals surface area contributed by atoms with E-state index in [1.165, 1.54) is 136 Å². The summed E-state index contributed by atoms with van der Waals surface area (Å²) in [4.78, 5) is 115. The molecule has 8 aromatic rings. The van der Waals surface area contributed by atoms with E-state index in [1.807, 2.05) is 72.8 Å². The molecule has 0 aliphatic carbocycles. The van der Waals surface area contributed by atoms with Crippen LogP contribution < -0.4 is 39.4 Å². The number of nitrogens with zero attached hydrogens (tertiary/aromatic N) is 8. The van der Waals surface area contributed by atoms with Gasteiger partial charge in [0.1, 0.15) is 75.6 Å². The molecular formula is C84H102N10O14. The molecule has 0 spiro atoms. The maximum Gasteiger partial charge on any atom is 0.330 e. The van der Waals surface area contributed by atoms with Crippen LogP contribution in [0.1, 0.15) is 211 Å². The van der Waals surface area contributed by atoms with Gasteiger partial charge in [0.05, 0.1) is 0 Å². The van der Waals surface area contributed by atoms with Crippen molar-refractivity contribution in [3.05, 3.63) is 191 Å². The number of nitrogens with one attached hydrogen (secondary N) is 2. The topological polar surface area (TPSA) is 284 Å². The minimum atomic E-state index is -0.765. The van der Waals surface area contributed by atoms with Crippen molar-refractivity contribution in [2.24, 2.45) is 0 Å². The third-order valence-electron chi connectivity index (χ3n) is 17.7. The monoisotopic (exact) mass is 1470 g/mol. The van der Waals surface area contributed by atoms with E-state index in [0.29, 0.717) is 35.3 Å². The van der Waals surface area contributed by atoms with Crippen LogP contribution in [0.4, 0.5) is 11.9 Å². The second kappa shape index (κ2) is 46.1. The van der Waals surface area contributed by atoms with Gasteiger partial charge in [-0.3, -0.25) is 28.8 Å². The van der Waals surface area contributed by atoms with Crippen molar-refractivity contribution in [3.8, 4) is 47.0 Å². The molecule has 0 atom stereocenters. The molecule has 0 fully saturated rings. The average Bonchev–Trinajstić information content (AvgIpc) is 0.801. The molecule has 0 saturated heterocycles. The number of benzene rings is 6. The zero-order chi connectivity index (χ0) is 75.6. The molecule has 3 heterocycles. The largest absolute Gasteiger partial charge is 0.459 e. The first kappa shape index (κ1) is 81.0. The highest BCUT2D eigenvalue weighted by atomic mass is 16.6. The van der Waals surface area contributed by atoms with Gasteiger partial charge in [-0.25, -0.2) is 0 Å². The number of esters is 4. The van der Waals surface area contributed by atoms with Crippen LogP contribution in [-0.4, -0.2) is 105 Å². The first-order valence-electron chi connectivity index (χ1n) is 38.3. The highest BCUT2D eigenvalue weighted by Gasteiger charge is 2.28. The van der Waals surface area contributed by atoms with E-state index in [4.69, 9.17) is 37.9 Å². The normalized spacial score (nSPS) is 11.4. The number of fused-ring (bicyclic) bond motifs is 8. The molecule has 572 valence electrons. The van der Waals surface area contributed by atoms with Crippen molar-refractivity contribution in [2.45, 2.75) is 194 Å². The second-order valence-corrected chi connectivity index (χ2v) is 26.8. The standard InChI is InChI=1S/C84H102N10O14/c1-3-5-7-9-11-13-15-17-19-21-23-37-47-85-77(99)67-49-69-53-70(50-67)106-82-88-80(94(57-75(97)103-61-65-43-33-27-34-44-65)58-76(98)104-62-66-45-35-28-36-46-66)90-84(92-82)108-72-52-68(78(100)86-48-38-24-22-20-18-16-14-12-10-8-6-4-2)51-71(54-72)107-83-89-79(87-81(91-83)105-69)93(55-73(95)101-59-63-39-29-25-30-40-63)56-74(96)102-60-64-41-31-26-32-42-64/h25-36,39-46,49-54H,3-24,37-38,47-48,55-62H2,1-2H3,(H,85,99)(H,86,100). The van der Waals surface area contributed by atoms with Crippen molar-refractivity contribution in [1.82, 2.24) is 40.5 Å². The smallest absolute Gasteiger partial charge is 0.330 e. The zero-order valence-corrected chi connectivity index (χ0v) is 62.3. The Morgan fingerprint density at radius 1 is 0.306 bits per heavy atom. The van der Waals surface area contributed by atoms with Crippen molar-refractivity contribution in [3.63, 3.8) is 0 Å². The van der Waals surface area contributed by atoms with Crippen LogP contribution >= 0.6 is 0 Å². The van der Waals surface area contributed by atoms with Gasteiger partial charge in [-0.2, -0.15) is 19.9 Å². The quantitative estimate of drug-likeness (QED) is 0.0204. The highest BCUT2D eigenvalue weighted by molar-refractivity contribution is 5.96. The molecule has 6 aromatic carbocycles. The molecule has 24 nitrogen and oxygen atoms in total. The lowest BCUT2D eigenvalue weighted by atomic mass is 10.1. The molecular weight excluding hydrogens is 1370 g/mol. The first-order chi connectivity index (χ1) is 52.9. The number of hydrogen-bond donors (Lipinski definition) is 2. The third kappa shape index (κ3) is 30.1. The summed E-state index contributed by atoms with van der Waals surface area (Å²) >= 11 is 0. The van der Waals surface area contributed by atoms with Gasteiger partial charge in [0.25, 0.3) is 11.8 Å². The van der Waals surface area contributed by atoms with Gasteiger partial charge in [0, 0.05) is 36.3 Å². The minimum absolute atomic E-state index is 0.0477. The number of rotatable bonds is 46. The maximum absolute atomic E-state index is 14.5. The van der Waals surface area contributed by atoms with Gasteiger partial charge in [0.15, 0.2) is 0 Å². The summed E-state index contributed by atoms with van der Waals surface area (Å²) in [5, 5.41) is 6.06. The summed E-state index contributed by atoms with van der Waals surface area (Å²) in [7, 11) is 0. The molecule has 0 saturated carbocycles. The van der Waals surface area contributed by atoms with Gasteiger partial charge in [0.2, 0.25) is 11.9 Å². The molecule has 0 unspecified atom stereocenters. The van der Waals surface area contributed by atoms with Gasteiger partial charge in [-0.15, -0.1) is 9.97 Å². The lowest BCUT2D eigenvalue weighted by Crippen LogP contribution is -2.37. The lowest BCUT2D eigenvalue weighted by molar-refractivity contribution is -0.146. The van der Waals surface area contributed by atoms with E-state index in [9.17, 15) is 28.8 Å². The predicted molar refractivity (Wildman–Crippen MR) is 409 cm³/mol. The minimum Gasteiger partial charge on any atom is -0.459 e. The maximum atomic E-state index is 14.5. The number of anilines is 2. The Morgan fingerprint density at radius 3 is 0.778 bits per heavy atom. The fraction of sp³-hybridized carbons (Fsp3) is 0.429. The van der Waals surface area contributed by atoms with E-state index in [0.717, 1.165) is 64.2 Å². The fourth-order valence-electron chi connectivity index (χ4n) is 11.9. The highest BCUT2D eigenvalue weighted by Crippen LogP contribution is 2.35. The van der Waals surface area contributed by atoms with Gasteiger partial charge in [-0.1, -0.05) is 276 Å². The van der Waals surface area contributed by atoms with Crippen molar-refractivity contribution in [2.75, 3.05) is 49.1 Å². The molecule has 1 aliphatic rings. The van der Waals surface area contributed by atoms with Crippen LogP contribution in [0.5, 0.6) is 47.0 Å². The van der Waals surface area contributed by atoms with Crippen LogP contribution in [-0.2, 0) is 64.6 Å². The number of unbranched alkanes of at least 4 members (excludes halogenated alkanes) is 22.